The average molecular weight is 514 g/mol. The zero-order chi connectivity index (χ0) is 24.6. The number of benzene rings is 2. The number of halogens is 1. The fourth-order valence-electron chi connectivity index (χ4n) is 4.43. The van der Waals surface area contributed by atoms with Crippen molar-refractivity contribution in [3.8, 4) is 5.75 Å². The first-order valence-corrected chi connectivity index (χ1v) is 14.5. The number of ether oxygens (including phenoxy) is 2. The molecule has 1 aromatic heterocycles. The first kappa shape index (κ1) is 24.1. The second kappa shape index (κ2) is 9.78. The van der Waals surface area contributed by atoms with Gasteiger partial charge in [-0.15, -0.1) is 0 Å². The smallest absolute Gasteiger partial charge is 0.229 e. The highest BCUT2D eigenvalue weighted by molar-refractivity contribution is 7.70. The summed E-state index contributed by atoms with van der Waals surface area (Å²) in [5.74, 6) is 1.54. The van der Waals surface area contributed by atoms with Crippen molar-refractivity contribution in [2.24, 2.45) is 0 Å². The molecule has 0 amide bonds. The molecule has 3 heterocycles. The van der Waals surface area contributed by atoms with Crippen LogP contribution in [0.3, 0.4) is 0 Å². The molecule has 2 aromatic carbocycles. The van der Waals surface area contributed by atoms with Gasteiger partial charge in [0.15, 0.2) is 5.82 Å². The van der Waals surface area contributed by atoms with E-state index in [1.54, 1.807) is 26.6 Å². The van der Waals surface area contributed by atoms with Gasteiger partial charge in [0.25, 0.3) is 0 Å². The van der Waals surface area contributed by atoms with Crippen LogP contribution < -0.4 is 20.7 Å². The number of para-hydroxylation sites is 1. The fraction of sp³-hybridized carbons (Fsp3) is 0.360. The largest absolute Gasteiger partial charge is 0.495 e. The number of hydrogen-bond acceptors (Lipinski definition) is 8. The maximum atomic E-state index is 12.8. The molecule has 0 saturated carbocycles. The molecule has 0 aliphatic carbocycles. The maximum absolute atomic E-state index is 12.8. The molecule has 0 atom stereocenters. The van der Waals surface area contributed by atoms with Gasteiger partial charge in [0.2, 0.25) is 5.95 Å². The molecular weight excluding hydrogens is 485 g/mol. The molecule has 10 heteroatoms. The van der Waals surface area contributed by atoms with Crippen LogP contribution in [0.15, 0.2) is 42.6 Å². The second-order valence-corrected chi connectivity index (χ2v) is 12.8. The van der Waals surface area contributed by atoms with Gasteiger partial charge in [0.1, 0.15) is 17.9 Å². The predicted molar refractivity (Wildman–Crippen MR) is 141 cm³/mol. The number of nitrogens with zero attached hydrogens (tertiary/aromatic N) is 3. The first-order chi connectivity index (χ1) is 16.8. The Hall–Kier alpha value is -2.64. The summed E-state index contributed by atoms with van der Waals surface area (Å²) < 4.78 is 23.8. The lowest BCUT2D eigenvalue weighted by Gasteiger charge is -2.40. The zero-order valence-corrected chi connectivity index (χ0v) is 21.7. The lowest BCUT2D eigenvalue weighted by Crippen LogP contribution is -2.50. The summed E-state index contributed by atoms with van der Waals surface area (Å²) in [6, 6.07) is 12.2. The Kier molecular flexibility index (Phi) is 6.73. The molecule has 1 fully saturated rings. The van der Waals surface area contributed by atoms with Gasteiger partial charge in [-0.05, 0) is 55.1 Å². The highest BCUT2D eigenvalue weighted by atomic mass is 35.5. The van der Waals surface area contributed by atoms with E-state index in [4.69, 9.17) is 21.1 Å². The third kappa shape index (κ3) is 5.16. The monoisotopic (exact) mass is 513 g/mol. The van der Waals surface area contributed by atoms with Gasteiger partial charge in [-0.1, -0.05) is 23.7 Å². The van der Waals surface area contributed by atoms with Crippen LogP contribution in [0.2, 0.25) is 5.02 Å². The van der Waals surface area contributed by atoms with Gasteiger partial charge < -0.3 is 24.7 Å². The predicted octanol–water partition coefficient (Wildman–Crippen LogP) is 4.63. The molecule has 5 rings (SSSR count). The van der Waals surface area contributed by atoms with Crippen molar-refractivity contribution in [2.45, 2.75) is 19.0 Å². The van der Waals surface area contributed by atoms with E-state index >= 15 is 0 Å². The van der Waals surface area contributed by atoms with Crippen molar-refractivity contribution >= 4 is 47.2 Å². The van der Waals surface area contributed by atoms with E-state index in [2.05, 4.69) is 37.6 Å². The highest BCUT2D eigenvalue weighted by Gasteiger charge is 2.29. The Labute approximate surface area is 210 Å². The van der Waals surface area contributed by atoms with Gasteiger partial charge in [-0.25, -0.2) is 4.98 Å². The lowest BCUT2D eigenvalue weighted by atomic mass is 9.97. The van der Waals surface area contributed by atoms with Gasteiger partial charge in [-0.2, -0.15) is 4.98 Å². The molecule has 2 aliphatic heterocycles. The lowest BCUT2D eigenvalue weighted by molar-refractivity contribution is -0.0695. The summed E-state index contributed by atoms with van der Waals surface area (Å²) in [6.45, 7) is 6.99. The van der Waals surface area contributed by atoms with Crippen LogP contribution in [0.1, 0.15) is 11.1 Å². The topological polar surface area (TPSA) is 88.6 Å². The Morgan fingerprint density at radius 2 is 1.94 bits per heavy atom. The average Bonchev–Trinajstić information content (AvgIpc) is 2.79. The SMILES string of the molecule is COc1cc2c(cc1Nc1ncc(Cl)c(Nc3ccccc3P(C)(C)=O)n1)CN(C1COC1)CC2. The minimum atomic E-state index is -2.50. The normalized spacial score (nSPS) is 16.3. The number of aromatic nitrogens is 2. The Morgan fingerprint density at radius 1 is 1.14 bits per heavy atom. The van der Waals surface area contributed by atoms with Crippen LogP contribution in [0.25, 0.3) is 0 Å². The van der Waals surface area contributed by atoms with Crippen LogP contribution in [0, 0.1) is 0 Å². The van der Waals surface area contributed by atoms with E-state index < -0.39 is 7.14 Å². The number of fused-ring (bicyclic) bond motifs is 1. The first-order valence-electron chi connectivity index (χ1n) is 11.5. The minimum Gasteiger partial charge on any atom is -0.495 e. The Balaban J connectivity index is 1.41. The Bertz CT molecular complexity index is 1290. The molecule has 3 aromatic rings. The summed E-state index contributed by atoms with van der Waals surface area (Å²) >= 11 is 6.41. The summed E-state index contributed by atoms with van der Waals surface area (Å²) in [5, 5.41) is 7.64. The summed E-state index contributed by atoms with van der Waals surface area (Å²) in [6.07, 6.45) is 2.52. The fourth-order valence-corrected chi connectivity index (χ4v) is 5.73. The number of rotatable bonds is 7. The van der Waals surface area contributed by atoms with Crippen molar-refractivity contribution in [1.82, 2.24) is 14.9 Å². The van der Waals surface area contributed by atoms with Crippen LogP contribution in [-0.4, -0.2) is 61.1 Å². The number of methoxy groups -OCH3 is 1. The van der Waals surface area contributed by atoms with E-state index in [1.807, 2.05) is 24.3 Å². The second-order valence-electron chi connectivity index (χ2n) is 9.24. The van der Waals surface area contributed by atoms with Gasteiger partial charge >= 0.3 is 0 Å². The van der Waals surface area contributed by atoms with Crippen molar-refractivity contribution in [2.75, 3.05) is 50.8 Å². The molecule has 2 aliphatic rings. The van der Waals surface area contributed by atoms with Crippen LogP contribution in [-0.2, 0) is 22.3 Å². The van der Waals surface area contributed by atoms with Gasteiger partial charge in [-0.3, -0.25) is 4.90 Å². The molecule has 0 spiro atoms. The third-order valence-corrected chi connectivity index (χ3v) is 8.26. The Morgan fingerprint density at radius 3 is 2.66 bits per heavy atom. The zero-order valence-electron chi connectivity index (χ0n) is 20.0. The van der Waals surface area contributed by atoms with E-state index in [-0.39, 0.29) is 0 Å². The van der Waals surface area contributed by atoms with Crippen LogP contribution >= 0.6 is 18.7 Å². The molecule has 0 radical (unpaired) electrons. The van der Waals surface area contributed by atoms with E-state index in [0.29, 0.717) is 28.5 Å². The molecule has 8 nitrogen and oxygen atoms in total. The van der Waals surface area contributed by atoms with Crippen molar-refractivity contribution < 1.29 is 14.0 Å². The summed E-state index contributed by atoms with van der Waals surface area (Å²) in [7, 11) is -0.839. The summed E-state index contributed by atoms with van der Waals surface area (Å²) in [5.41, 5.74) is 4.05. The molecule has 184 valence electrons. The number of nitrogens with one attached hydrogen (secondary N) is 2. The van der Waals surface area contributed by atoms with Crippen LogP contribution in [0.5, 0.6) is 5.75 Å². The van der Waals surface area contributed by atoms with E-state index in [9.17, 15) is 4.57 Å². The quantitative estimate of drug-likeness (QED) is 0.442. The maximum Gasteiger partial charge on any atom is 0.229 e. The van der Waals surface area contributed by atoms with Gasteiger partial charge in [0.05, 0.1) is 43.9 Å². The molecule has 0 unspecified atom stereocenters. The summed E-state index contributed by atoms with van der Waals surface area (Å²) in [4.78, 5) is 11.4. The number of anilines is 4. The molecule has 2 N–H and O–H groups in total. The van der Waals surface area contributed by atoms with Crippen molar-refractivity contribution in [3.05, 3.63) is 58.7 Å². The van der Waals surface area contributed by atoms with Crippen molar-refractivity contribution in [3.63, 3.8) is 0 Å². The molecule has 35 heavy (non-hydrogen) atoms. The van der Waals surface area contributed by atoms with E-state index in [1.165, 1.54) is 11.1 Å². The molecule has 1 saturated heterocycles. The number of hydrogen-bond donors (Lipinski definition) is 2. The van der Waals surface area contributed by atoms with E-state index in [0.717, 1.165) is 49.5 Å². The highest BCUT2D eigenvalue weighted by Crippen LogP contribution is 2.39. The third-order valence-electron chi connectivity index (χ3n) is 6.43. The molecular formula is C25H29ClN5O3P. The standard InChI is InChI=1S/C25H29ClN5O3P/c1-33-22-11-16-8-9-31(18-14-34-15-18)13-17(16)10-21(22)29-25-27-12-19(26)24(30-25)28-20-6-4-5-7-23(20)35(2,3)32/h4-7,10-12,18H,8-9,13-15H2,1-3H3,(H2,27,28,29,30). The minimum absolute atomic E-state index is 0.364. The van der Waals surface area contributed by atoms with Crippen LogP contribution in [0.4, 0.5) is 23.1 Å². The molecule has 0 bridgehead atoms. The van der Waals surface area contributed by atoms with Gasteiger partial charge in [0, 0.05) is 18.4 Å². The van der Waals surface area contributed by atoms with Crippen molar-refractivity contribution in [1.29, 1.82) is 0 Å².